The van der Waals surface area contributed by atoms with E-state index in [1.54, 1.807) is 12.1 Å². The van der Waals surface area contributed by atoms with Gasteiger partial charge in [0.1, 0.15) is 17.7 Å². The van der Waals surface area contributed by atoms with Gasteiger partial charge >= 0.3 is 0 Å². The van der Waals surface area contributed by atoms with E-state index in [1.807, 2.05) is 53.6 Å². The van der Waals surface area contributed by atoms with Crippen molar-refractivity contribution in [2.24, 2.45) is 5.73 Å². The molecule has 1 amide bonds. The first-order valence-electron chi connectivity index (χ1n) is 11.1. The molecule has 1 aromatic heterocycles. The molecule has 166 valence electrons. The molecule has 0 radical (unpaired) electrons. The van der Waals surface area contributed by atoms with Crippen LogP contribution in [0.1, 0.15) is 30.9 Å². The number of amides is 1. The van der Waals surface area contributed by atoms with Gasteiger partial charge in [-0.15, -0.1) is 0 Å². The maximum Gasteiger partial charge on any atom is 0.240 e. The lowest BCUT2D eigenvalue weighted by Gasteiger charge is -2.32. The zero-order chi connectivity index (χ0) is 22.5. The number of nitrogens with zero attached hydrogens (tertiary/aromatic N) is 3. The summed E-state index contributed by atoms with van der Waals surface area (Å²) >= 11 is 0. The van der Waals surface area contributed by atoms with Crippen molar-refractivity contribution in [1.29, 1.82) is 0 Å². The fourth-order valence-electron chi connectivity index (χ4n) is 4.09. The van der Waals surface area contributed by atoms with Crippen molar-refractivity contribution < 1.29 is 9.18 Å². The van der Waals surface area contributed by atoms with Crippen LogP contribution in [0.15, 0.2) is 72.9 Å². The number of benzene rings is 2. The van der Waals surface area contributed by atoms with Crippen LogP contribution in [-0.4, -0.2) is 29.5 Å². The summed E-state index contributed by atoms with van der Waals surface area (Å²) in [6.07, 6.45) is 4.76. The highest BCUT2D eigenvalue weighted by molar-refractivity contribution is 5.84. The van der Waals surface area contributed by atoms with E-state index >= 15 is 0 Å². The van der Waals surface area contributed by atoms with Gasteiger partial charge in [0.15, 0.2) is 0 Å². The minimum atomic E-state index is -0.582. The molecule has 0 bridgehead atoms. The normalized spacial score (nSPS) is 14.1. The van der Waals surface area contributed by atoms with Gasteiger partial charge in [0.05, 0.1) is 0 Å². The van der Waals surface area contributed by atoms with Crippen LogP contribution in [0.4, 0.5) is 15.9 Å². The highest BCUT2D eigenvalue weighted by Crippen LogP contribution is 2.30. The lowest BCUT2D eigenvalue weighted by Crippen LogP contribution is -2.46. The Labute approximate surface area is 188 Å². The van der Waals surface area contributed by atoms with Crippen LogP contribution >= 0.6 is 0 Å². The number of pyridine rings is 1. The molecule has 1 fully saturated rings. The zero-order valence-corrected chi connectivity index (χ0v) is 18.3. The van der Waals surface area contributed by atoms with E-state index in [4.69, 9.17) is 5.73 Å². The molecule has 32 heavy (non-hydrogen) atoms. The first kappa shape index (κ1) is 21.8. The Morgan fingerprint density at radius 1 is 1.06 bits per heavy atom. The van der Waals surface area contributed by atoms with Crippen molar-refractivity contribution in [2.75, 3.05) is 16.3 Å². The minimum Gasteiger partial charge on any atom is -0.368 e. The topological polar surface area (TPSA) is 62.5 Å². The molecule has 1 atom stereocenters. The summed E-state index contributed by atoms with van der Waals surface area (Å²) in [6, 6.07) is 20.1. The highest BCUT2D eigenvalue weighted by Gasteiger charge is 2.29. The Kier molecular flexibility index (Phi) is 6.69. The Balaban J connectivity index is 1.61. The summed E-state index contributed by atoms with van der Waals surface area (Å²) in [5.74, 6) is 0.231. The molecule has 0 saturated heterocycles. The van der Waals surface area contributed by atoms with Gasteiger partial charge in [-0.2, -0.15) is 0 Å². The number of hydrogen-bond donors (Lipinski definition) is 1. The lowest BCUT2D eigenvalue weighted by molar-refractivity contribution is -0.119. The van der Waals surface area contributed by atoms with Gasteiger partial charge in [-0.25, -0.2) is 9.37 Å². The second-order valence-electron chi connectivity index (χ2n) is 8.25. The van der Waals surface area contributed by atoms with Gasteiger partial charge < -0.3 is 15.5 Å². The van der Waals surface area contributed by atoms with Crippen molar-refractivity contribution in [3.63, 3.8) is 0 Å². The highest BCUT2D eigenvalue weighted by atomic mass is 19.1. The monoisotopic (exact) mass is 432 g/mol. The maximum absolute atomic E-state index is 13.6. The second-order valence-corrected chi connectivity index (χ2v) is 8.25. The standard InChI is InChI=1S/C26H29FN4O/c1-2-30(22-13-14-22)25-15-8-20(17-29-25)18-31(23-11-9-21(27)10-12-23)24(26(28)32)16-19-6-4-3-5-7-19/h3-12,15,17,22,24H,2,13-14,16,18H2,1H3,(H2,28,32)/t24-/m0/s1. The quantitative estimate of drug-likeness (QED) is 0.519. The molecule has 1 heterocycles. The van der Waals surface area contributed by atoms with Gasteiger partial charge in [-0.1, -0.05) is 36.4 Å². The summed E-state index contributed by atoms with van der Waals surface area (Å²) in [4.78, 5) is 21.5. The first-order valence-corrected chi connectivity index (χ1v) is 11.1. The number of carbonyl (C=O) groups is 1. The summed E-state index contributed by atoms with van der Waals surface area (Å²) in [5, 5.41) is 0. The summed E-state index contributed by atoms with van der Waals surface area (Å²) in [6.45, 7) is 3.51. The molecule has 0 spiro atoms. The number of carbonyl (C=O) groups excluding carboxylic acids is 1. The largest absolute Gasteiger partial charge is 0.368 e. The van der Waals surface area contributed by atoms with E-state index < -0.39 is 11.9 Å². The smallest absolute Gasteiger partial charge is 0.240 e. The summed E-state index contributed by atoms with van der Waals surface area (Å²) in [7, 11) is 0. The van der Waals surface area contributed by atoms with Crippen LogP contribution in [0.5, 0.6) is 0 Å². The van der Waals surface area contributed by atoms with E-state index in [0.29, 0.717) is 19.0 Å². The number of primary amides is 1. The van der Waals surface area contributed by atoms with Crippen molar-refractivity contribution in [3.05, 3.63) is 89.9 Å². The Bertz CT molecular complexity index is 1020. The zero-order valence-electron chi connectivity index (χ0n) is 18.3. The van der Waals surface area contributed by atoms with Crippen LogP contribution in [0.25, 0.3) is 0 Å². The third-order valence-corrected chi connectivity index (χ3v) is 5.92. The van der Waals surface area contributed by atoms with Crippen molar-refractivity contribution in [2.45, 2.75) is 44.8 Å². The summed E-state index contributed by atoms with van der Waals surface area (Å²) < 4.78 is 13.6. The molecule has 2 aromatic carbocycles. The summed E-state index contributed by atoms with van der Waals surface area (Å²) in [5.41, 5.74) is 8.57. The molecule has 3 aromatic rings. The van der Waals surface area contributed by atoms with Crippen LogP contribution < -0.4 is 15.5 Å². The molecular formula is C26H29FN4O. The van der Waals surface area contributed by atoms with E-state index in [0.717, 1.165) is 29.2 Å². The van der Waals surface area contributed by atoms with Crippen molar-refractivity contribution >= 4 is 17.4 Å². The first-order chi connectivity index (χ1) is 15.5. The molecule has 2 N–H and O–H groups in total. The molecule has 1 saturated carbocycles. The number of aromatic nitrogens is 1. The predicted octanol–water partition coefficient (Wildman–Crippen LogP) is 4.31. The van der Waals surface area contributed by atoms with E-state index in [2.05, 4.69) is 16.8 Å². The number of halogens is 1. The van der Waals surface area contributed by atoms with Gasteiger partial charge in [0.25, 0.3) is 0 Å². The van der Waals surface area contributed by atoms with E-state index in [9.17, 15) is 9.18 Å². The van der Waals surface area contributed by atoms with Crippen LogP contribution in [0, 0.1) is 5.82 Å². The third kappa shape index (κ3) is 5.25. The third-order valence-electron chi connectivity index (χ3n) is 5.92. The van der Waals surface area contributed by atoms with E-state index in [-0.39, 0.29) is 5.82 Å². The fourth-order valence-corrected chi connectivity index (χ4v) is 4.09. The van der Waals surface area contributed by atoms with Crippen molar-refractivity contribution in [3.8, 4) is 0 Å². The average molecular weight is 433 g/mol. The van der Waals surface area contributed by atoms with E-state index in [1.165, 1.54) is 25.0 Å². The molecule has 0 aliphatic heterocycles. The van der Waals surface area contributed by atoms with Crippen LogP contribution in [0.3, 0.4) is 0 Å². The Hall–Kier alpha value is -3.41. The maximum atomic E-state index is 13.6. The molecule has 1 aliphatic rings. The Morgan fingerprint density at radius 2 is 1.78 bits per heavy atom. The molecule has 1 aliphatic carbocycles. The lowest BCUT2D eigenvalue weighted by atomic mass is 10.0. The van der Waals surface area contributed by atoms with Gasteiger partial charge in [-0.3, -0.25) is 4.79 Å². The minimum absolute atomic E-state index is 0.321. The molecule has 6 heteroatoms. The predicted molar refractivity (Wildman–Crippen MR) is 126 cm³/mol. The second kappa shape index (κ2) is 9.81. The van der Waals surface area contributed by atoms with Gasteiger partial charge in [-0.05, 0) is 61.2 Å². The number of nitrogens with two attached hydrogens (primary N) is 1. The molecule has 5 nitrogen and oxygen atoms in total. The Morgan fingerprint density at radius 3 is 2.34 bits per heavy atom. The van der Waals surface area contributed by atoms with Crippen LogP contribution in [0.2, 0.25) is 0 Å². The fraction of sp³-hybridized carbons (Fsp3) is 0.308. The van der Waals surface area contributed by atoms with Gasteiger partial charge in [0.2, 0.25) is 5.91 Å². The van der Waals surface area contributed by atoms with Crippen LogP contribution in [-0.2, 0) is 17.8 Å². The molecule has 0 unspecified atom stereocenters. The number of hydrogen-bond acceptors (Lipinski definition) is 4. The van der Waals surface area contributed by atoms with Crippen molar-refractivity contribution in [1.82, 2.24) is 4.98 Å². The number of rotatable bonds is 10. The molecular weight excluding hydrogens is 403 g/mol. The average Bonchev–Trinajstić information content (AvgIpc) is 3.64. The molecule has 4 rings (SSSR count). The SMILES string of the molecule is CCN(c1ccc(CN(c2ccc(F)cc2)[C@@H](Cc2ccccc2)C(N)=O)cn1)C1CC1. The number of anilines is 2. The van der Waals surface area contributed by atoms with Gasteiger partial charge in [0, 0.05) is 37.4 Å².